The molecule has 0 aliphatic carbocycles. The first-order valence-electron chi connectivity index (χ1n) is 6.59. The smallest absolute Gasteiger partial charge is 0.212 e. The van der Waals surface area contributed by atoms with Crippen LogP contribution in [0, 0.1) is 11.3 Å². The lowest BCUT2D eigenvalue weighted by atomic mass is 10.1. The molecule has 2 aromatic carbocycles. The van der Waals surface area contributed by atoms with Gasteiger partial charge < -0.3 is 0 Å². The van der Waals surface area contributed by atoms with Gasteiger partial charge in [-0.2, -0.15) is 5.26 Å². The number of hydrogen-bond acceptors (Lipinski definition) is 3. The molecule has 114 valence electrons. The van der Waals surface area contributed by atoms with Crippen LogP contribution in [0.4, 0.5) is 0 Å². The molecule has 0 aliphatic rings. The van der Waals surface area contributed by atoms with E-state index in [-0.39, 0.29) is 12.3 Å². The second-order valence-corrected chi connectivity index (χ2v) is 7.40. The Labute approximate surface area is 135 Å². The summed E-state index contributed by atoms with van der Waals surface area (Å²) in [7, 11) is -1.97. The Kier molecular flexibility index (Phi) is 5.19. The first-order chi connectivity index (χ1) is 10.4. The summed E-state index contributed by atoms with van der Waals surface area (Å²) in [5.41, 5.74) is 1.85. The lowest BCUT2D eigenvalue weighted by Gasteiger charge is -2.18. The molecule has 0 saturated carbocycles. The van der Waals surface area contributed by atoms with Gasteiger partial charge in [0, 0.05) is 18.6 Å². The minimum atomic E-state index is -3.49. The minimum absolute atomic E-state index is 0.152. The number of nitrogens with zero attached hydrogens (tertiary/aromatic N) is 2. The van der Waals surface area contributed by atoms with Crippen LogP contribution in [0.25, 0.3) is 0 Å². The summed E-state index contributed by atoms with van der Waals surface area (Å²) in [6.07, 6.45) is 0. The number of rotatable bonds is 5. The van der Waals surface area contributed by atoms with Crippen molar-refractivity contribution >= 4 is 21.6 Å². The zero-order valence-corrected chi connectivity index (χ0v) is 13.6. The average Bonchev–Trinajstić information content (AvgIpc) is 2.49. The maximum Gasteiger partial charge on any atom is 0.218 e. The molecular weight excluding hydrogens is 320 g/mol. The molecule has 0 atom stereocenters. The summed E-state index contributed by atoms with van der Waals surface area (Å²) < 4.78 is 26.1. The molecule has 0 spiro atoms. The van der Waals surface area contributed by atoms with Crippen LogP contribution in [-0.2, 0) is 22.3 Å². The topological polar surface area (TPSA) is 61.2 Å². The Morgan fingerprint density at radius 2 is 1.91 bits per heavy atom. The molecule has 2 aromatic rings. The Hall–Kier alpha value is -1.87. The number of sulfonamides is 1. The Morgan fingerprint density at radius 3 is 2.59 bits per heavy atom. The lowest BCUT2D eigenvalue weighted by molar-refractivity contribution is 0.466. The molecule has 0 bridgehead atoms. The van der Waals surface area contributed by atoms with Crippen LogP contribution < -0.4 is 0 Å². The highest BCUT2D eigenvalue weighted by molar-refractivity contribution is 7.88. The largest absolute Gasteiger partial charge is 0.218 e. The third-order valence-corrected chi connectivity index (χ3v) is 5.36. The lowest BCUT2D eigenvalue weighted by Crippen LogP contribution is -2.27. The van der Waals surface area contributed by atoms with E-state index in [9.17, 15) is 8.42 Å². The molecule has 0 aliphatic heterocycles. The summed E-state index contributed by atoms with van der Waals surface area (Å²) in [4.78, 5) is 0. The van der Waals surface area contributed by atoms with Crippen molar-refractivity contribution < 1.29 is 8.42 Å². The van der Waals surface area contributed by atoms with E-state index < -0.39 is 10.0 Å². The van der Waals surface area contributed by atoms with Gasteiger partial charge in [-0.05, 0) is 29.3 Å². The molecule has 22 heavy (non-hydrogen) atoms. The van der Waals surface area contributed by atoms with Crippen LogP contribution in [0.5, 0.6) is 0 Å². The van der Waals surface area contributed by atoms with Gasteiger partial charge in [0.1, 0.15) is 0 Å². The van der Waals surface area contributed by atoms with E-state index in [4.69, 9.17) is 16.9 Å². The van der Waals surface area contributed by atoms with Crippen LogP contribution in [-0.4, -0.2) is 19.8 Å². The molecule has 0 heterocycles. The molecule has 4 nitrogen and oxygen atoms in total. The molecule has 0 unspecified atom stereocenters. The zero-order valence-electron chi connectivity index (χ0n) is 12.0. The highest BCUT2D eigenvalue weighted by atomic mass is 35.5. The number of hydrogen-bond donors (Lipinski definition) is 0. The van der Waals surface area contributed by atoms with Crippen molar-refractivity contribution in [3.05, 3.63) is 70.2 Å². The Bertz CT molecular complexity index is 813. The van der Waals surface area contributed by atoms with Crippen molar-refractivity contribution in [1.82, 2.24) is 4.31 Å². The van der Waals surface area contributed by atoms with Crippen LogP contribution in [0.15, 0.2) is 48.5 Å². The zero-order chi connectivity index (χ0) is 16.2. The molecule has 0 fully saturated rings. The standard InChI is InChI=1S/C16H15ClN2O2S/c1-19(11-14-6-4-5-13(9-14)10-18)22(20,21)12-15-7-2-3-8-16(15)17/h2-9H,11-12H2,1H3. The maximum atomic E-state index is 12.4. The second kappa shape index (κ2) is 6.93. The second-order valence-electron chi connectivity index (χ2n) is 4.92. The van der Waals surface area contributed by atoms with E-state index in [0.717, 1.165) is 5.56 Å². The minimum Gasteiger partial charge on any atom is -0.212 e. The Balaban J connectivity index is 2.15. The first kappa shape index (κ1) is 16.5. The molecule has 0 saturated heterocycles. The van der Waals surface area contributed by atoms with Crippen molar-refractivity contribution in [2.75, 3.05) is 7.05 Å². The fraction of sp³-hybridized carbons (Fsp3) is 0.188. The van der Waals surface area contributed by atoms with Crippen LogP contribution in [0.1, 0.15) is 16.7 Å². The first-order valence-corrected chi connectivity index (χ1v) is 8.57. The molecule has 0 amide bonds. The fourth-order valence-corrected chi connectivity index (χ4v) is 3.51. The normalized spacial score (nSPS) is 11.4. The number of nitriles is 1. The summed E-state index contributed by atoms with van der Waals surface area (Å²) in [6.45, 7) is 0.211. The molecule has 0 aromatic heterocycles. The monoisotopic (exact) mass is 334 g/mol. The summed E-state index contributed by atoms with van der Waals surface area (Å²) in [6, 6.07) is 15.8. The SMILES string of the molecule is CN(Cc1cccc(C#N)c1)S(=O)(=O)Cc1ccccc1Cl. The van der Waals surface area contributed by atoms with Crippen LogP contribution >= 0.6 is 11.6 Å². The van der Waals surface area contributed by atoms with Gasteiger partial charge in [-0.3, -0.25) is 0 Å². The summed E-state index contributed by atoms with van der Waals surface area (Å²) in [5, 5.41) is 9.32. The van der Waals surface area contributed by atoms with E-state index in [1.807, 2.05) is 6.07 Å². The van der Waals surface area contributed by atoms with Crippen LogP contribution in [0.3, 0.4) is 0 Å². The molecule has 2 rings (SSSR count). The quantitative estimate of drug-likeness (QED) is 0.843. The highest BCUT2D eigenvalue weighted by Gasteiger charge is 2.20. The van der Waals surface area contributed by atoms with Gasteiger partial charge in [-0.1, -0.05) is 41.9 Å². The highest BCUT2D eigenvalue weighted by Crippen LogP contribution is 2.20. The number of benzene rings is 2. The van der Waals surface area contributed by atoms with Gasteiger partial charge in [0.2, 0.25) is 10.0 Å². The molecule has 0 radical (unpaired) electrons. The molecule has 0 N–H and O–H groups in total. The van der Waals surface area contributed by atoms with Gasteiger partial charge in [0.05, 0.1) is 17.4 Å². The molecular formula is C16H15ClN2O2S. The van der Waals surface area contributed by atoms with Gasteiger partial charge in [0.15, 0.2) is 0 Å². The van der Waals surface area contributed by atoms with E-state index in [2.05, 4.69) is 0 Å². The van der Waals surface area contributed by atoms with Gasteiger partial charge in [0.25, 0.3) is 0 Å². The van der Waals surface area contributed by atoms with Crippen molar-refractivity contribution in [2.45, 2.75) is 12.3 Å². The maximum absolute atomic E-state index is 12.4. The summed E-state index contributed by atoms with van der Waals surface area (Å²) >= 11 is 6.02. The fourth-order valence-electron chi connectivity index (χ4n) is 2.02. The average molecular weight is 335 g/mol. The van der Waals surface area contributed by atoms with Crippen LogP contribution in [0.2, 0.25) is 5.02 Å². The van der Waals surface area contributed by atoms with Crippen molar-refractivity contribution in [1.29, 1.82) is 5.26 Å². The summed E-state index contributed by atoms with van der Waals surface area (Å²) in [5.74, 6) is -0.152. The van der Waals surface area contributed by atoms with Gasteiger partial charge in [-0.25, -0.2) is 12.7 Å². The van der Waals surface area contributed by atoms with E-state index in [0.29, 0.717) is 16.1 Å². The molecule has 6 heteroatoms. The van der Waals surface area contributed by atoms with Gasteiger partial charge in [-0.15, -0.1) is 0 Å². The predicted octanol–water partition coefficient (Wildman–Crippen LogP) is 3.17. The van der Waals surface area contributed by atoms with Crippen molar-refractivity contribution in [3.8, 4) is 6.07 Å². The van der Waals surface area contributed by atoms with Gasteiger partial charge >= 0.3 is 0 Å². The van der Waals surface area contributed by atoms with E-state index in [1.54, 1.807) is 48.5 Å². The Morgan fingerprint density at radius 1 is 1.18 bits per heavy atom. The van der Waals surface area contributed by atoms with E-state index >= 15 is 0 Å². The number of halogens is 1. The third-order valence-electron chi connectivity index (χ3n) is 3.23. The van der Waals surface area contributed by atoms with Crippen molar-refractivity contribution in [2.24, 2.45) is 0 Å². The third kappa shape index (κ3) is 4.08. The predicted molar refractivity (Wildman–Crippen MR) is 86.7 cm³/mol. The van der Waals surface area contributed by atoms with E-state index in [1.165, 1.54) is 11.4 Å². The van der Waals surface area contributed by atoms with Crippen molar-refractivity contribution in [3.63, 3.8) is 0 Å².